The van der Waals surface area contributed by atoms with Crippen LogP contribution in [-0.2, 0) is 18.4 Å². The van der Waals surface area contributed by atoms with Gasteiger partial charge in [0.2, 0.25) is 5.91 Å². The summed E-state index contributed by atoms with van der Waals surface area (Å²) in [6.07, 6.45) is 0. The SMILES string of the molecule is Cc1cc2c(=O)n(C)c(=O)n(CC(=O)Nc3ccc(Cl)cc3)c2s1. The minimum atomic E-state index is -0.513. The molecule has 8 heteroatoms. The molecule has 0 bridgehead atoms. The number of benzene rings is 1. The number of fused-ring (bicyclic) bond motifs is 1. The first-order valence-electron chi connectivity index (χ1n) is 7.12. The highest BCUT2D eigenvalue weighted by Crippen LogP contribution is 2.21. The second kappa shape index (κ2) is 6.26. The van der Waals surface area contributed by atoms with Crippen molar-refractivity contribution in [3.63, 3.8) is 0 Å². The van der Waals surface area contributed by atoms with E-state index in [2.05, 4.69) is 5.32 Å². The number of nitrogens with zero attached hydrogens (tertiary/aromatic N) is 2. The number of hydrogen-bond acceptors (Lipinski definition) is 4. The van der Waals surface area contributed by atoms with Crippen LogP contribution in [0.15, 0.2) is 39.9 Å². The molecular weight excluding hydrogens is 350 g/mol. The fraction of sp³-hybridized carbons (Fsp3) is 0.188. The molecule has 0 fully saturated rings. The van der Waals surface area contributed by atoms with Gasteiger partial charge in [-0.25, -0.2) is 4.79 Å². The zero-order valence-electron chi connectivity index (χ0n) is 13.0. The number of aromatic nitrogens is 2. The first-order valence-corrected chi connectivity index (χ1v) is 8.31. The Bertz CT molecular complexity index is 1050. The third kappa shape index (κ3) is 3.00. The number of rotatable bonds is 3. The molecule has 124 valence electrons. The molecule has 1 amide bonds. The van der Waals surface area contributed by atoms with E-state index in [0.717, 1.165) is 9.44 Å². The van der Waals surface area contributed by atoms with Gasteiger partial charge in [0.15, 0.2) is 0 Å². The largest absolute Gasteiger partial charge is 0.332 e. The summed E-state index contributed by atoms with van der Waals surface area (Å²) in [6, 6.07) is 8.41. The molecule has 0 aliphatic carbocycles. The average molecular weight is 364 g/mol. The molecule has 6 nitrogen and oxygen atoms in total. The van der Waals surface area contributed by atoms with Gasteiger partial charge in [-0.05, 0) is 37.3 Å². The summed E-state index contributed by atoms with van der Waals surface area (Å²) in [7, 11) is 1.41. The summed E-state index contributed by atoms with van der Waals surface area (Å²) in [5, 5.41) is 3.72. The first kappa shape index (κ1) is 16.5. The number of carbonyl (C=O) groups is 1. The summed E-state index contributed by atoms with van der Waals surface area (Å²) < 4.78 is 2.34. The highest BCUT2D eigenvalue weighted by Gasteiger charge is 2.15. The van der Waals surface area contributed by atoms with Crippen LogP contribution in [-0.4, -0.2) is 15.0 Å². The first-order chi connectivity index (χ1) is 11.4. The Balaban J connectivity index is 1.97. The Kier molecular flexibility index (Phi) is 4.29. The van der Waals surface area contributed by atoms with Gasteiger partial charge in [-0.15, -0.1) is 11.3 Å². The van der Waals surface area contributed by atoms with Gasteiger partial charge in [0, 0.05) is 22.6 Å². The zero-order valence-corrected chi connectivity index (χ0v) is 14.6. The number of hydrogen-bond donors (Lipinski definition) is 1. The lowest BCUT2D eigenvalue weighted by atomic mass is 10.3. The van der Waals surface area contributed by atoms with E-state index in [1.54, 1.807) is 30.3 Å². The highest BCUT2D eigenvalue weighted by molar-refractivity contribution is 7.18. The molecule has 0 radical (unpaired) electrons. The van der Waals surface area contributed by atoms with Crippen molar-refractivity contribution in [2.45, 2.75) is 13.5 Å². The van der Waals surface area contributed by atoms with Crippen LogP contribution in [0.25, 0.3) is 10.2 Å². The number of thiophene rings is 1. The lowest BCUT2D eigenvalue weighted by Gasteiger charge is -2.10. The van der Waals surface area contributed by atoms with Gasteiger partial charge in [0.25, 0.3) is 5.56 Å². The number of aryl methyl sites for hydroxylation is 1. The molecule has 3 rings (SSSR count). The molecule has 3 aromatic rings. The summed E-state index contributed by atoms with van der Waals surface area (Å²) in [5.41, 5.74) is -0.282. The van der Waals surface area contributed by atoms with Crippen molar-refractivity contribution >= 4 is 44.7 Å². The van der Waals surface area contributed by atoms with Crippen LogP contribution >= 0.6 is 22.9 Å². The minimum absolute atomic E-state index is 0.175. The molecule has 0 unspecified atom stereocenters. The third-order valence-electron chi connectivity index (χ3n) is 3.56. The lowest BCUT2D eigenvalue weighted by Crippen LogP contribution is -2.39. The van der Waals surface area contributed by atoms with Crippen LogP contribution in [0, 0.1) is 6.92 Å². The van der Waals surface area contributed by atoms with E-state index in [0.29, 0.717) is 20.9 Å². The summed E-state index contributed by atoms with van der Waals surface area (Å²) in [4.78, 5) is 38.2. The van der Waals surface area contributed by atoms with Gasteiger partial charge in [-0.2, -0.15) is 0 Å². The smallest absolute Gasteiger partial charge is 0.325 e. The van der Waals surface area contributed by atoms with E-state index in [-0.39, 0.29) is 18.0 Å². The second-order valence-corrected chi connectivity index (χ2v) is 7.04. The van der Waals surface area contributed by atoms with Crippen molar-refractivity contribution in [2.24, 2.45) is 7.05 Å². The molecule has 2 aromatic heterocycles. The Morgan fingerprint density at radius 2 is 1.92 bits per heavy atom. The van der Waals surface area contributed by atoms with Gasteiger partial charge in [-0.1, -0.05) is 11.6 Å². The Hall–Kier alpha value is -2.38. The number of carbonyl (C=O) groups excluding carboxylic acids is 1. The van der Waals surface area contributed by atoms with Crippen molar-refractivity contribution in [1.29, 1.82) is 0 Å². The van der Waals surface area contributed by atoms with E-state index in [1.165, 1.54) is 23.0 Å². The van der Waals surface area contributed by atoms with Crippen LogP contribution in [0.5, 0.6) is 0 Å². The molecule has 1 N–H and O–H groups in total. The van der Waals surface area contributed by atoms with Crippen LogP contribution in [0.1, 0.15) is 4.88 Å². The van der Waals surface area contributed by atoms with Crippen LogP contribution < -0.4 is 16.6 Å². The fourth-order valence-electron chi connectivity index (χ4n) is 2.41. The normalized spacial score (nSPS) is 11.0. The Morgan fingerprint density at radius 3 is 2.58 bits per heavy atom. The van der Waals surface area contributed by atoms with Gasteiger partial charge < -0.3 is 5.32 Å². The summed E-state index contributed by atoms with van der Waals surface area (Å²) in [5.74, 6) is -0.356. The number of halogens is 1. The summed E-state index contributed by atoms with van der Waals surface area (Å²) >= 11 is 7.13. The van der Waals surface area contributed by atoms with E-state index in [4.69, 9.17) is 11.6 Å². The predicted octanol–water partition coefficient (Wildman–Crippen LogP) is 2.36. The molecule has 0 aliphatic rings. The fourth-order valence-corrected chi connectivity index (χ4v) is 3.52. The topological polar surface area (TPSA) is 73.1 Å². The standard InChI is InChI=1S/C16H14ClN3O3S/c1-9-7-12-14(22)19(2)16(23)20(15(12)24-9)8-13(21)18-11-5-3-10(17)4-6-11/h3-7H,8H2,1-2H3,(H,18,21). The van der Waals surface area contributed by atoms with Crippen molar-refractivity contribution in [3.8, 4) is 0 Å². The van der Waals surface area contributed by atoms with E-state index in [1.807, 2.05) is 6.92 Å². The molecule has 0 spiro atoms. The molecule has 0 saturated carbocycles. The van der Waals surface area contributed by atoms with Crippen LogP contribution in [0.4, 0.5) is 5.69 Å². The van der Waals surface area contributed by atoms with Crippen LogP contribution in [0.3, 0.4) is 0 Å². The third-order valence-corrected chi connectivity index (χ3v) is 4.89. The maximum atomic E-state index is 12.4. The second-order valence-electron chi connectivity index (χ2n) is 5.36. The molecule has 1 aromatic carbocycles. The molecule has 0 saturated heterocycles. The molecule has 0 atom stereocenters. The number of amides is 1. The van der Waals surface area contributed by atoms with Gasteiger partial charge in [0.1, 0.15) is 11.4 Å². The van der Waals surface area contributed by atoms with Crippen LogP contribution in [0.2, 0.25) is 5.02 Å². The maximum Gasteiger partial charge on any atom is 0.332 e. The zero-order chi connectivity index (χ0) is 17.4. The summed E-state index contributed by atoms with van der Waals surface area (Å²) in [6.45, 7) is 1.68. The highest BCUT2D eigenvalue weighted by atomic mass is 35.5. The average Bonchev–Trinajstić information content (AvgIpc) is 2.93. The van der Waals surface area contributed by atoms with Crippen molar-refractivity contribution in [2.75, 3.05) is 5.32 Å². The van der Waals surface area contributed by atoms with Gasteiger partial charge >= 0.3 is 5.69 Å². The van der Waals surface area contributed by atoms with Crippen molar-refractivity contribution in [3.05, 3.63) is 61.1 Å². The lowest BCUT2D eigenvalue weighted by molar-refractivity contribution is -0.116. The van der Waals surface area contributed by atoms with Crippen molar-refractivity contribution in [1.82, 2.24) is 9.13 Å². The molecular formula is C16H14ClN3O3S. The van der Waals surface area contributed by atoms with Gasteiger partial charge in [-0.3, -0.25) is 18.7 Å². The molecule has 2 heterocycles. The Labute approximate surface area is 145 Å². The number of anilines is 1. The minimum Gasteiger partial charge on any atom is -0.325 e. The van der Waals surface area contributed by atoms with E-state index >= 15 is 0 Å². The van der Waals surface area contributed by atoms with Gasteiger partial charge in [0.05, 0.1) is 5.39 Å². The molecule has 24 heavy (non-hydrogen) atoms. The monoisotopic (exact) mass is 363 g/mol. The maximum absolute atomic E-state index is 12.4. The van der Waals surface area contributed by atoms with E-state index < -0.39 is 5.69 Å². The quantitative estimate of drug-likeness (QED) is 0.776. The molecule has 0 aliphatic heterocycles. The van der Waals surface area contributed by atoms with Crippen molar-refractivity contribution < 1.29 is 4.79 Å². The predicted molar refractivity (Wildman–Crippen MR) is 96.1 cm³/mol. The van der Waals surface area contributed by atoms with E-state index in [9.17, 15) is 14.4 Å². The Morgan fingerprint density at radius 1 is 1.25 bits per heavy atom. The number of nitrogens with one attached hydrogen (secondary N) is 1.